The van der Waals surface area contributed by atoms with Crippen LogP contribution < -0.4 is 10.6 Å². The van der Waals surface area contributed by atoms with Gasteiger partial charge in [-0.05, 0) is 32.4 Å². The summed E-state index contributed by atoms with van der Waals surface area (Å²) in [6.45, 7) is 2.47. The van der Waals surface area contributed by atoms with Gasteiger partial charge in [-0.3, -0.25) is 15.0 Å². The number of nitrogens with one attached hydrogen (secondary N) is 2. The van der Waals surface area contributed by atoms with E-state index in [4.69, 9.17) is 0 Å². The highest BCUT2D eigenvalue weighted by Crippen LogP contribution is 2.17. The fourth-order valence-electron chi connectivity index (χ4n) is 2.72. The lowest BCUT2D eigenvalue weighted by atomic mass is 10.2. The Morgan fingerprint density at radius 3 is 2.50 bits per heavy atom. The molecule has 2 rings (SSSR count). The molecule has 0 radical (unpaired) electrons. The summed E-state index contributed by atoms with van der Waals surface area (Å²) < 4.78 is 0. The normalized spacial score (nSPS) is 16.5. The molecule has 1 aliphatic carbocycles. The Hall–Kier alpha value is -1.88. The van der Waals surface area contributed by atoms with Crippen LogP contribution in [0.25, 0.3) is 0 Å². The second-order valence-electron chi connectivity index (χ2n) is 6.02. The Morgan fingerprint density at radius 1 is 1.23 bits per heavy atom. The molecule has 0 bridgehead atoms. The fraction of sp³-hybridized carbons (Fsp3) is 0.529. The van der Waals surface area contributed by atoms with E-state index in [1.54, 1.807) is 6.92 Å². The van der Waals surface area contributed by atoms with Crippen molar-refractivity contribution >= 4 is 11.9 Å². The standard InChI is InChI=1S/C17H25N3O2/c1-13(20(2)12-14-8-4-3-5-9-14)16(21)19-17(22)18-15-10-6-7-11-15/h3-5,8-9,13,15H,6-7,10-12H2,1-2H3,(H2,18,19,21,22)/t13-/m0/s1. The Bertz CT molecular complexity index is 498. The number of urea groups is 1. The predicted octanol–water partition coefficient (Wildman–Crippen LogP) is 2.28. The molecule has 5 heteroatoms. The fourth-order valence-corrected chi connectivity index (χ4v) is 2.72. The second-order valence-corrected chi connectivity index (χ2v) is 6.02. The van der Waals surface area contributed by atoms with Crippen LogP contribution in [0, 0.1) is 0 Å². The number of hydrogen-bond acceptors (Lipinski definition) is 3. The van der Waals surface area contributed by atoms with Crippen LogP contribution in [0.5, 0.6) is 0 Å². The minimum atomic E-state index is -0.378. The molecule has 120 valence electrons. The number of benzene rings is 1. The van der Waals surface area contributed by atoms with Crippen molar-refractivity contribution in [3.8, 4) is 0 Å². The Balaban J connectivity index is 1.79. The molecule has 0 heterocycles. The van der Waals surface area contributed by atoms with Crippen molar-refractivity contribution in [1.29, 1.82) is 0 Å². The molecule has 0 spiro atoms. The van der Waals surface area contributed by atoms with Crippen LogP contribution in [0.4, 0.5) is 4.79 Å². The molecular formula is C17H25N3O2. The highest BCUT2D eigenvalue weighted by Gasteiger charge is 2.22. The summed E-state index contributed by atoms with van der Waals surface area (Å²) in [6.07, 6.45) is 4.31. The first kappa shape index (κ1) is 16.5. The van der Waals surface area contributed by atoms with Gasteiger partial charge in [0.2, 0.25) is 5.91 Å². The monoisotopic (exact) mass is 303 g/mol. The Morgan fingerprint density at radius 2 is 1.86 bits per heavy atom. The molecule has 5 nitrogen and oxygen atoms in total. The van der Waals surface area contributed by atoms with Crippen molar-refractivity contribution in [3.05, 3.63) is 35.9 Å². The minimum Gasteiger partial charge on any atom is -0.335 e. The van der Waals surface area contributed by atoms with E-state index in [9.17, 15) is 9.59 Å². The van der Waals surface area contributed by atoms with Gasteiger partial charge in [0.1, 0.15) is 0 Å². The van der Waals surface area contributed by atoms with E-state index in [0.29, 0.717) is 6.54 Å². The molecular weight excluding hydrogens is 278 g/mol. The van der Waals surface area contributed by atoms with Crippen LogP contribution >= 0.6 is 0 Å². The van der Waals surface area contributed by atoms with Gasteiger partial charge in [-0.1, -0.05) is 43.2 Å². The summed E-state index contributed by atoms with van der Waals surface area (Å²) in [4.78, 5) is 25.9. The van der Waals surface area contributed by atoms with Gasteiger partial charge < -0.3 is 5.32 Å². The summed E-state index contributed by atoms with van der Waals surface area (Å²) in [5.41, 5.74) is 1.14. The summed E-state index contributed by atoms with van der Waals surface area (Å²) in [6, 6.07) is 9.43. The SMILES string of the molecule is C[C@@H](C(=O)NC(=O)NC1CCCC1)N(C)Cc1ccccc1. The third kappa shape index (κ3) is 4.84. The van der Waals surface area contributed by atoms with E-state index in [-0.39, 0.29) is 24.0 Å². The molecule has 0 saturated heterocycles. The van der Waals surface area contributed by atoms with Crippen molar-refractivity contribution in [3.63, 3.8) is 0 Å². The first-order valence-electron chi connectivity index (χ1n) is 7.92. The van der Waals surface area contributed by atoms with Crippen molar-refractivity contribution in [2.24, 2.45) is 0 Å². The van der Waals surface area contributed by atoms with E-state index >= 15 is 0 Å². The quantitative estimate of drug-likeness (QED) is 0.877. The van der Waals surface area contributed by atoms with Gasteiger partial charge in [0.15, 0.2) is 0 Å². The third-order valence-corrected chi connectivity index (χ3v) is 4.24. The number of amides is 3. The zero-order valence-electron chi connectivity index (χ0n) is 13.3. The van der Waals surface area contributed by atoms with Gasteiger partial charge in [-0.15, -0.1) is 0 Å². The van der Waals surface area contributed by atoms with Gasteiger partial charge in [0.25, 0.3) is 0 Å². The van der Waals surface area contributed by atoms with Crippen LogP contribution in [0.15, 0.2) is 30.3 Å². The number of hydrogen-bond donors (Lipinski definition) is 2. The minimum absolute atomic E-state index is 0.213. The highest BCUT2D eigenvalue weighted by molar-refractivity contribution is 5.96. The number of rotatable bonds is 5. The Labute approximate surface area is 132 Å². The van der Waals surface area contributed by atoms with E-state index in [2.05, 4.69) is 10.6 Å². The molecule has 0 aliphatic heterocycles. The summed E-state index contributed by atoms with van der Waals surface area (Å²) >= 11 is 0. The number of carbonyl (C=O) groups is 2. The van der Waals surface area contributed by atoms with Gasteiger partial charge >= 0.3 is 6.03 Å². The molecule has 1 aromatic rings. The number of likely N-dealkylation sites (N-methyl/N-ethyl adjacent to an activating group) is 1. The average Bonchev–Trinajstić information content (AvgIpc) is 3.00. The van der Waals surface area contributed by atoms with Gasteiger partial charge in [0.05, 0.1) is 6.04 Å². The molecule has 1 aliphatic rings. The zero-order valence-corrected chi connectivity index (χ0v) is 13.3. The smallest absolute Gasteiger partial charge is 0.321 e. The summed E-state index contributed by atoms with van der Waals surface area (Å²) in [7, 11) is 1.88. The molecule has 1 saturated carbocycles. The molecule has 1 fully saturated rings. The molecule has 2 N–H and O–H groups in total. The van der Waals surface area contributed by atoms with Crippen molar-refractivity contribution in [2.45, 2.75) is 51.2 Å². The first-order valence-corrected chi connectivity index (χ1v) is 7.92. The summed E-state index contributed by atoms with van der Waals surface area (Å²) in [5, 5.41) is 5.31. The van der Waals surface area contributed by atoms with Gasteiger partial charge in [-0.25, -0.2) is 4.79 Å². The van der Waals surface area contributed by atoms with E-state index in [1.807, 2.05) is 42.3 Å². The molecule has 0 unspecified atom stereocenters. The van der Waals surface area contributed by atoms with Crippen molar-refractivity contribution in [1.82, 2.24) is 15.5 Å². The average molecular weight is 303 g/mol. The molecule has 1 atom stereocenters. The number of imide groups is 1. The van der Waals surface area contributed by atoms with Crippen LogP contribution in [0.3, 0.4) is 0 Å². The maximum absolute atomic E-state index is 12.1. The topological polar surface area (TPSA) is 61.4 Å². The molecule has 22 heavy (non-hydrogen) atoms. The van der Waals surface area contributed by atoms with Crippen LogP contribution in [0.1, 0.15) is 38.2 Å². The number of nitrogens with zero attached hydrogens (tertiary/aromatic N) is 1. The Kier molecular flexibility index (Phi) is 5.95. The second kappa shape index (κ2) is 7.94. The predicted molar refractivity (Wildman–Crippen MR) is 86.3 cm³/mol. The van der Waals surface area contributed by atoms with E-state index in [1.165, 1.54) is 0 Å². The van der Waals surface area contributed by atoms with Crippen LogP contribution in [-0.4, -0.2) is 36.0 Å². The largest absolute Gasteiger partial charge is 0.335 e. The lowest BCUT2D eigenvalue weighted by molar-refractivity contribution is -0.124. The summed E-state index contributed by atoms with van der Waals surface area (Å²) in [5.74, 6) is -0.270. The first-order chi connectivity index (χ1) is 10.6. The molecule has 1 aromatic carbocycles. The lowest BCUT2D eigenvalue weighted by Crippen LogP contribution is -2.50. The van der Waals surface area contributed by atoms with E-state index in [0.717, 1.165) is 31.2 Å². The van der Waals surface area contributed by atoms with Crippen LogP contribution in [-0.2, 0) is 11.3 Å². The van der Waals surface area contributed by atoms with E-state index < -0.39 is 0 Å². The van der Waals surface area contributed by atoms with Gasteiger partial charge in [0, 0.05) is 12.6 Å². The number of carbonyl (C=O) groups excluding carboxylic acids is 2. The molecule has 3 amide bonds. The molecule has 0 aromatic heterocycles. The highest BCUT2D eigenvalue weighted by atomic mass is 16.2. The van der Waals surface area contributed by atoms with Crippen molar-refractivity contribution < 1.29 is 9.59 Å². The lowest BCUT2D eigenvalue weighted by Gasteiger charge is -2.24. The maximum atomic E-state index is 12.1. The van der Waals surface area contributed by atoms with Crippen molar-refractivity contribution in [2.75, 3.05) is 7.05 Å². The van der Waals surface area contributed by atoms with Crippen LogP contribution in [0.2, 0.25) is 0 Å². The maximum Gasteiger partial charge on any atom is 0.321 e. The van der Waals surface area contributed by atoms with Gasteiger partial charge in [-0.2, -0.15) is 0 Å². The zero-order chi connectivity index (χ0) is 15.9. The third-order valence-electron chi connectivity index (χ3n) is 4.24.